The molecule has 0 saturated heterocycles. The molecule has 6 heteroatoms. The van der Waals surface area contributed by atoms with Gasteiger partial charge >= 0.3 is 0 Å². The Morgan fingerprint density at radius 2 is 1.90 bits per heavy atom. The Morgan fingerprint density at radius 1 is 1.14 bits per heavy atom. The normalized spacial score (nSPS) is 10.8. The van der Waals surface area contributed by atoms with E-state index in [4.69, 9.17) is 5.73 Å². The predicted molar refractivity (Wildman–Crippen MR) is 80.5 cm³/mol. The van der Waals surface area contributed by atoms with Gasteiger partial charge < -0.3 is 11.1 Å². The number of hydrogen-bond acceptors (Lipinski definition) is 3. The molecule has 0 unspecified atom stereocenters. The molecule has 0 aliphatic rings. The molecule has 0 saturated carbocycles. The summed E-state index contributed by atoms with van der Waals surface area (Å²) in [4.78, 5) is 12.2. The zero-order chi connectivity index (χ0) is 15.0. The van der Waals surface area contributed by atoms with Crippen molar-refractivity contribution in [3.8, 4) is 0 Å². The van der Waals surface area contributed by atoms with Crippen molar-refractivity contribution in [2.24, 2.45) is 0 Å². The second kappa shape index (κ2) is 5.14. The fourth-order valence-corrected chi connectivity index (χ4v) is 2.95. The summed E-state index contributed by atoms with van der Waals surface area (Å²) >= 11 is 1.42. The Morgan fingerprint density at radius 3 is 2.71 bits per heavy atom. The highest BCUT2D eigenvalue weighted by atomic mass is 32.1. The number of halogens is 2. The van der Waals surface area contributed by atoms with E-state index in [1.807, 2.05) is 24.3 Å². The van der Waals surface area contributed by atoms with E-state index in [-0.39, 0.29) is 11.4 Å². The summed E-state index contributed by atoms with van der Waals surface area (Å²) in [6, 6.07) is 9.13. The van der Waals surface area contributed by atoms with Crippen LogP contribution in [0.25, 0.3) is 10.1 Å². The monoisotopic (exact) mass is 304 g/mol. The molecular formula is C15H10F2N2OS. The van der Waals surface area contributed by atoms with E-state index in [9.17, 15) is 13.6 Å². The number of benzene rings is 2. The van der Waals surface area contributed by atoms with Gasteiger partial charge in [0.1, 0.15) is 11.6 Å². The van der Waals surface area contributed by atoms with Crippen LogP contribution in [0.1, 0.15) is 10.4 Å². The van der Waals surface area contributed by atoms with Crippen LogP contribution in [0.2, 0.25) is 0 Å². The molecular weight excluding hydrogens is 294 g/mol. The molecule has 1 aromatic heterocycles. The number of hydrogen-bond donors (Lipinski definition) is 2. The number of fused-ring (bicyclic) bond motifs is 1. The van der Waals surface area contributed by atoms with Crippen molar-refractivity contribution in [3.05, 3.63) is 59.0 Å². The number of nitrogen functional groups attached to an aromatic ring is 1. The minimum atomic E-state index is -0.866. The van der Waals surface area contributed by atoms with Gasteiger partial charge in [0, 0.05) is 21.5 Å². The minimum absolute atomic E-state index is 0.144. The van der Waals surface area contributed by atoms with Crippen LogP contribution in [0, 0.1) is 11.6 Å². The number of anilines is 2. The molecule has 0 fully saturated rings. The number of nitrogens with one attached hydrogen (secondary N) is 1. The molecule has 0 radical (unpaired) electrons. The summed E-state index contributed by atoms with van der Waals surface area (Å²) in [5.41, 5.74) is 5.46. The van der Waals surface area contributed by atoms with E-state index in [2.05, 4.69) is 5.32 Å². The number of carbonyl (C=O) groups excluding carboxylic acids is 1. The summed E-state index contributed by atoms with van der Waals surface area (Å²) in [5.74, 6) is -2.18. The van der Waals surface area contributed by atoms with Gasteiger partial charge in [-0.1, -0.05) is 18.2 Å². The molecule has 0 aliphatic carbocycles. The van der Waals surface area contributed by atoms with E-state index >= 15 is 0 Å². The van der Waals surface area contributed by atoms with Crippen LogP contribution in [0.3, 0.4) is 0 Å². The average molecular weight is 304 g/mol. The van der Waals surface area contributed by atoms with Crippen LogP contribution in [0.15, 0.2) is 41.8 Å². The second-order valence-electron chi connectivity index (χ2n) is 4.45. The zero-order valence-electron chi connectivity index (χ0n) is 10.7. The number of amides is 1. The van der Waals surface area contributed by atoms with E-state index in [1.54, 1.807) is 5.38 Å². The van der Waals surface area contributed by atoms with Crippen LogP contribution in [-0.4, -0.2) is 5.91 Å². The maximum absolute atomic E-state index is 13.6. The van der Waals surface area contributed by atoms with Crippen LogP contribution in [0.4, 0.5) is 20.2 Å². The molecule has 1 heterocycles. The predicted octanol–water partition coefficient (Wildman–Crippen LogP) is 4.01. The fourth-order valence-electron chi connectivity index (χ4n) is 2.00. The first-order valence-electron chi connectivity index (χ1n) is 6.08. The highest BCUT2D eigenvalue weighted by Gasteiger charge is 2.15. The SMILES string of the molecule is Nc1cc(NC(=O)c2csc3ccccc23)c(F)cc1F. The van der Waals surface area contributed by atoms with Gasteiger partial charge in [-0.05, 0) is 12.1 Å². The summed E-state index contributed by atoms with van der Waals surface area (Å²) < 4.78 is 27.7. The Bertz CT molecular complexity index is 845. The summed E-state index contributed by atoms with van der Waals surface area (Å²) in [5, 5.41) is 4.91. The molecule has 0 bridgehead atoms. The lowest BCUT2D eigenvalue weighted by molar-refractivity contribution is 0.102. The van der Waals surface area contributed by atoms with Crippen molar-refractivity contribution in [3.63, 3.8) is 0 Å². The molecule has 3 N–H and O–H groups in total. The van der Waals surface area contributed by atoms with Gasteiger partial charge in [0.2, 0.25) is 0 Å². The van der Waals surface area contributed by atoms with Gasteiger partial charge in [-0.3, -0.25) is 4.79 Å². The molecule has 3 nitrogen and oxygen atoms in total. The lowest BCUT2D eigenvalue weighted by Crippen LogP contribution is -2.13. The van der Waals surface area contributed by atoms with Crippen molar-refractivity contribution in [2.45, 2.75) is 0 Å². The quantitative estimate of drug-likeness (QED) is 0.703. The van der Waals surface area contributed by atoms with Crippen molar-refractivity contribution in [1.82, 2.24) is 0 Å². The highest BCUT2D eigenvalue weighted by Crippen LogP contribution is 2.27. The first-order chi connectivity index (χ1) is 10.1. The maximum Gasteiger partial charge on any atom is 0.257 e. The van der Waals surface area contributed by atoms with Crippen LogP contribution in [-0.2, 0) is 0 Å². The minimum Gasteiger partial charge on any atom is -0.396 e. The standard InChI is InChI=1S/C15H10F2N2OS/c16-10-5-11(17)13(6-12(10)18)19-15(20)9-7-21-14-4-2-1-3-8(9)14/h1-7H,18H2,(H,19,20). The van der Waals surface area contributed by atoms with Crippen molar-refractivity contribution >= 4 is 38.7 Å². The largest absolute Gasteiger partial charge is 0.396 e. The maximum atomic E-state index is 13.6. The number of rotatable bonds is 2. The lowest BCUT2D eigenvalue weighted by atomic mass is 10.1. The van der Waals surface area contributed by atoms with Crippen LogP contribution < -0.4 is 11.1 Å². The number of carbonyl (C=O) groups is 1. The van der Waals surface area contributed by atoms with Crippen LogP contribution >= 0.6 is 11.3 Å². The van der Waals surface area contributed by atoms with Gasteiger partial charge in [0.05, 0.1) is 16.9 Å². The van der Waals surface area contributed by atoms with Crippen molar-refractivity contribution < 1.29 is 13.6 Å². The smallest absolute Gasteiger partial charge is 0.257 e. The first kappa shape index (κ1) is 13.5. The third kappa shape index (κ3) is 2.45. The molecule has 21 heavy (non-hydrogen) atoms. The number of thiophene rings is 1. The Balaban J connectivity index is 1.95. The van der Waals surface area contributed by atoms with Crippen molar-refractivity contribution in [2.75, 3.05) is 11.1 Å². The van der Waals surface area contributed by atoms with Gasteiger partial charge in [-0.25, -0.2) is 8.78 Å². The summed E-state index contributed by atoms with van der Waals surface area (Å²) in [7, 11) is 0. The van der Waals surface area contributed by atoms with Crippen molar-refractivity contribution in [1.29, 1.82) is 0 Å². The number of nitrogens with two attached hydrogens (primary N) is 1. The summed E-state index contributed by atoms with van der Waals surface area (Å²) in [6.45, 7) is 0. The van der Waals surface area contributed by atoms with Gasteiger partial charge in [0.15, 0.2) is 0 Å². The molecule has 0 aliphatic heterocycles. The van der Waals surface area contributed by atoms with Crippen LogP contribution in [0.5, 0.6) is 0 Å². The summed E-state index contributed by atoms with van der Waals surface area (Å²) in [6.07, 6.45) is 0. The topological polar surface area (TPSA) is 55.1 Å². The van der Waals surface area contributed by atoms with E-state index in [0.29, 0.717) is 11.6 Å². The van der Waals surface area contributed by atoms with E-state index in [0.717, 1.165) is 16.2 Å². The Kier molecular flexibility index (Phi) is 3.31. The van der Waals surface area contributed by atoms with E-state index in [1.165, 1.54) is 11.3 Å². The first-order valence-corrected chi connectivity index (χ1v) is 6.96. The lowest BCUT2D eigenvalue weighted by Gasteiger charge is -2.07. The molecule has 3 rings (SSSR count). The Hall–Kier alpha value is -2.47. The van der Waals surface area contributed by atoms with Gasteiger partial charge in [-0.15, -0.1) is 11.3 Å². The average Bonchev–Trinajstić information content (AvgIpc) is 2.88. The molecule has 106 valence electrons. The molecule has 0 spiro atoms. The third-order valence-electron chi connectivity index (χ3n) is 3.06. The molecule has 3 aromatic rings. The Labute approximate surface area is 123 Å². The molecule has 2 aromatic carbocycles. The fraction of sp³-hybridized carbons (Fsp3) is 0. The third-order valence-corrected chi connectivity index (χ3v) is 4.02. The highest BCUT2D eigenvalue weighted by molar-refractivity contribution is 7.17. The van der Waals surface area contributed by atoms with E-state index < -0.39 is 17.5 Å². The van der Waals surface area contributed by atoms with Gasteiger partial charge in [0.25, 0.3) is 5.91 Å². The van der Waals surface area contributed by atoms with Gasteiger partial charge in [-0.2, -0.15) is 0 Å². The second-order valence-corrected chi connectivity index (χ2v) is 5.36. The molecule has 1 amide bonds. The zero-order valence-corrected chi connectivity index (χ0v) is 11.5. The molecule has 0 atom stereocenters.